The molecule has 0 bridgehead atoms. The molecule has 1 aromatic heterocycles. The zero-order chi connectivity index (χ0) is 19.7. The summed E-state index contributed by atoms with van der Waals surface area (Å²) < 4.78 is 0. The molecule has 8 heteroatoms. The van der Waals surface area contributed by atoms with Crippen molar-refractivity contribution in [1.29, 1.82) is 0 Å². The van der Waals surface area contributed by atoms with Crippen molar-refractivity contribution in [3.63, 3.8) is 0 Å². The summed E-state index contributed by atoms with van der Waals surface area (Å²) >= 11 is 0. The van der Waals surface area contributed by atoms with Gasteiger partial charge >= 0.3 is 5.97 Å². The zero-order valence-corrected chi connectivity index (χ0v) is 15.6. The minimum atomic E-state index is -0.935. The Morgan fingerprint density at radius 2 is 2.00 bits per heavy atom. The topological polar surface area (TPSA) is 115 Å². The van der Waals surface area contributed by atoms with Crippen LogP contribution in [0.5, 0.6) is 0 Å². The Balaban J connectivity index is 1.38. The molecule has 3 N–H and O–H groups in total. The molecular formula is C20H24N4O4. The van der Waals surface area contributed by atoms with Crippen molar-refractivity contribution in [2.24, 2.45) is 5.92 Å². The Kier molecular flexibility index (Phi) is 5.02. The lowest BCUT2D eigenvalue weighted by molar-refractivity contribution is -0.149. The smallest absolute Gasteiger partial charge is 0.326 e. The fourth-order valence-corrected chi connectivity index (χ4v) is 4.67. The number of hydrogen-bond donors (Lipinski definition) is 3. The first-order chi connectivity index (χ1) is 13.6. The second-order valence-electron chi connectivity index (χ2n) is 7.63. The normalized spacial score (nSPS) is 24.1. The van der Waals surface area contributed by atoms with Crippen molar-refractivity contribution in [2.75, 3.05) is 6.54 Å². The molecule has 1 aliphatic heterocycles. The Labute approximate surface area is 162 Å². The highest BCUT2D eigenvalue weighted by Gasteiger charge is 2.47. The van der Waals surface area contributed by atoms with Gasteiger partial charge in [0.15, 0.2) is 5.69 Å². The van der Waals surface area contributed by atoms with E-state index >= 15 is 0 Å². The van der Waals surface area contributed by atoms with Crippen LogP contribution in [0.3, 0.4) is 0 Å². The monoisotopic (exact) mass is 384 g/mol. The van der Waals surface area contributed by atoms with Crippen LogP contribution in [0.2, 0.25) is 0 Å². The van der Waals surface area contributed by atoms with Gasteiger partial charge in [0.1, 0.15) is 6.04 Å². The van der Waals surface area contributed by atoms with Gasteiger partial charge in [-0.25, -0.2) is 4.79 Å². The van der Waals surface area contributed by atoms with Gasteiger partial charge in [-0.05, 0) is 31.2 Å². The molecule has 4 rings (SSSR count). The Hall–Kier alpha value is -2.90. The van der Waals surface area contributed by atoms with Crippen LogP contribution in [0.15, 0.2) is 24.3 Å². The van der Waals surface area contributed by atoms with Crippen LogP contribution in [0, 0.1) is 5.92 Å². The third kappa shape index (κ3) is 3.34. The fourth-order valence-electron chi connectivity index (χ4n) is 4.67. The van der Waals surface area contributed by atoms with E-state index in [2.05, 4.69) is 15.5 Å². The maximum Gasteiger partial charge on any atom is 0.326 e. The quantitative estimate of drug-likeness (QED) is 0.728. The first-order valence-corrected chi connectivity index (χ1v) is 9.81. The molecule has 28 heavy (non-hydrogen) atoms. The van der Waals surface area contributed by atoms with Crippen LogP contribution >= 0.6 is 0 Å². The summed E-state index contributed by atoms with van der Waals surface area (Å²) in [5.41, 5.74) is 1.06. The molecule has 2 aliphatic rings. The second-order valence-corrected chi connectivity index (χ2v) is 7.63. The fraction of sp³-hybridized carbons (Fsp3) is 0.500. The SMILES string of the molecule is O=C(NCCC(=O)N1C(C(=O)O)CC2CCCCC21)c1n[nH]c2ccccc12. The van der Waals surface area contributed by atoms with Gasteiger partial charge in [0, 0.05) is 24.4 Å². The molecule has 2 aromatic rings. The molecule has 2 fully saturated rings. The molecule has 2 amide bonds. The number of amides is 2. The number of likely N-dealkylation sites (tertiary alicyclic amines) is 1. The Morgan fingerprint density at radius 1 is 1.21 bits per heavy atom. The maximum absolute atomic E-state index is 12.8. The molecule has 1 aliphatic carbocycles. The minimum Gasteiger partial charge on any atom is -0.480 e. The minimum absolute atomic E-state index is 0.0216. The lowest BCUT2D eigenvalue weighted by atomic mass is 9.84. The number of carbonyl (C=O) groups is 3. The predicted octanol–water partition coefficient (Wildman–Crippen LogP) is 1.93. The van der Waals surface area contributed by atoms with E-state index in [1.807, 2.05) is 24.3 Å². The van der Waals surface area contributed by atoms with Crippen molar-refractivity contribution in [3.05, 3.63) is 30.0 Å². The van der Waals surface area contributed by atoms with Crippen LogP contribution in [-0.2, 0) is 9.59 Å². The molecule has 3 atom stereocenters. The molecule has 148 valence electrons. The number of rotatable bonds is 5. The molecule has 3 unspecified atom stereocenters. The van der Waals surface area contributed by atoms with Crippen LogP contribution in [0.1, 0.15) is 49.0 Å². The van der Waals surface area contributed by atoms with Crippen molar-refractivity contribution in [3.8, 4) is 0 Å². The molecule has 0 radical (unpaired) electrons. The van der Waals surface area contributed by atoms with Gasteiger partial charge in [0.05, 0.1) is 5.52 Å². The van der Waals surface area contributed by atoms with Gasteiger partial charge in [0.2, 0.25) is 5.91 Å². The number of hydrogen-bond acceptors (Lipinski definition) is 4. The third-order valence-corrected chi connectivity index (χ3v) is 5.97. The van der Waals surface area contributed by atoms with Gasteiger partial charge in [-0.3, -0.25) is 14.7 Å². The molecular weight excluding hydrogens is 360 g/mol. The van der Waals surface area contributed by atoms with Gasteiger partial charge < -0.3 is 15.3 Å². The van der Waals surface area contributed by atoms with Gasteiger partial charge in [-0.15, -0.1) is 0 Å². The summed E-state index contributed by atoms with van der Waals surface area (Å²) in [5, 5.41) is 19.9. The van der Waals surface area contributed by atoms with E-state index in [0.717, 1.165) is 36.6 Å². The largest absolute Gasteiger partial charge is 0.480 e. The van der Waals surface area contributed by atoms with Gasteiger partial charge in [-0.1, -0.05) is 31.0 Å². The van der Waals surface area contributed by atoms with Gasteiger partial charge in [0.25, 0.3) is 5.91 Å². The van der Waals surface area contributed by atoms with E-state index in [1.165, 1.54) is 0 Å². The van der Waals surface area contributed by atoms with Crippen LogP contribution in [-0.4, -0.2) is 56.6 Å². The number of aromatic nitrogens is 2. The average Bonchev–Trinajstić information content (AvgIpc) is 3.29. The number of nitrogens with zero attached hydrogens (tertiary/aromatic N) is 2. The van der Waals surface area contributed by atoms with Crippen LogP contribution < -0.4 is 5.32 Å². The number of aliphatic carboxylic acids is 1. The van der Waals surface area contributed by atoms with Gasteiger partial charge in [-0.2, -0.15) is 5.10 Å². The number of benzene rings is 1. The second kappa shape index (κ2) is 7.61. The van der Waals surface area contributed by atoms with Crippen molar-refractivity contribution >= 4 is 28.7 Å². The van der Waals surface area contributed by atoms with Crippen LogP contribution in [0.4, 0.5) is 0 Å². The molecule has 0 spiro atoms. The number of carboxylic acid groups (broad SMARTS) is 1. The number of carboxylic acids is 1. The highest BCUT2D eigenvalue weighted by Crippen LogP contribution is 2.40. The Morgan fingerprint density at radius 3 is 2.82 bits per heavy atom. The number of fused-ring (bicyclic) bond motifs is 2. The highest BCUT2D eigenvalue weighted by molar-refractivity contribution is 6.04. The lowest BCUT2D eigenvalue weighted by Gasteiger charge is -2.33. The first kappa shape index (κ1) is 18.5. The van der Waals surface area contributed by atoms with Crippen molar-refractivity contribution < 1.29 is 19.5 Å². The molecule has 1 saturated carbocycles. The molecule has 1 aromatic carbocycles. The number of para-hydroxylation sites is 1. The number of nitrogens with one attached hydrogen (secondary N) is 2. The lowest BCUT2D eigenvalue weighted by Crippen LogP contribution is -2.47. The average molecular weight is 384 g/mol. The molecule has 2 heterocycles. The first-order valence-electron chi connectivity index (χ1n) is 9.81. The standard InChI is InChI=1S/C20H24N4O4/c25-17(24-15-8-4-1-5-12(15)11-16(24)20(27)28)9-10-21-19(26)18-13-6-2-3-7-14(13)22-23-18/h2-3,6-7,12,15-16H,1,4-5,8-11H2,(H,21,26)(H,22,23)(H,27,28). The summed E-state index contributed by atoms with van der Waals surface area (Å²) in [4.78, 5) is 38.4. The third-order valence-electron chi connectivity index (χ3n) is 5.97. The van der Waals surface area contributed by atoms with E-state index in [0.29, 0.717) is 12.1 Å². The highest BCUT2D eigenvalue weighted by atomic mass is 16.4. The summed E-state index contributed by atoms with van der Waals surface area (Å²) in [6.45, 7) is 0.152. The number of carbonyl (C=O) groups excluding carboxylic acids is 2. The molecule has 1 saturated heterocycles. The van der Waals surface area contributed by atoms with Crippen LogP contribution in [0.25, 0.3) is 10.9 Å². The molecule has 8 nitrogen and oxygen atoms in total. The number of H-pyrrole nitrogens is 1. The summed E-state index contributed by atoms with van der Waals surface area (Å²) in [5.74, 6) is -1.20. The van der Waals surface area contributed by atoms with E-state index in [4.69, 9.17) is 0 Å². The van der Waals surface area contributed by atoms with Crippen molar-refractivity contribution in [2.45, 2.75) is 50.6 Å². The predicted molar refractivity (Wildman–Crippen MR) is 102 cm³/mol. The number of aromatic amines is 1. The van der Waals surface area contributed by atoms with E-state index in [-0.39, 0.29) is 36.7 Å². The van der Waals surface area contributed by atoms with E-state index in [1.54, 1.807) is 4.90 Å². The van der Waals surface area contributed by atoms with E-state index in [9.17, 15) is 19.5 Å². The van der Waals surface area contributed by atoms with Crippen molar-refractivity contribution in [1.82, 2.24) is 20.4 Å². The summed E-state index contributed by atoms with van der Waals surface area (Å²) in [6.07, 6.45) is 4.61. The summed E-state index contributed by atoms with van der Waals surface area (Å²) in [7, 11) is 0. The summed E-state index contributed by atoms with van der Waals surface area (Å²) in [6, 6.07) is 6.61. The maximum atomic E-state index is 12.8. The zero-order valence-electron chi connectivity index (χ0n) is 15.6. The Bertz CT molecular complexity index is 908. The van der Waals surface area contributed by atoms with E-state index < -0.39 is 12.0 Å².